The number of piperidine rings is 1. The van der Waals surface area contributed by atoms with Crippen LogP contribution in [0.4, 0.5) is 0 Å². The Morgan fingerprint density at radius 1 is 1.07 bits per heavy atom. The topological polar surface area (TPSA) is 9.72 Å². The van der Waals surface area contributed by atoms with Crippen LogP contribution >= 0.6 is 0 Å². The first kappa shape index (κ1) is 11.4. The molecule has 0 aliphatic carbocycles. The zero-order valence-electron chi connectivity index (χ0n) is 10.8. The van der Waals surface area contributed by atoms with Crippen molar-refractivity contribution in [2.24, 2.45) is 5.92 Å². The number of nitrogens with zero attached hydrogens (tertiary/aromatic N) is 3. The summed E-state index contributed by atoms with van der Waals surface area (Å²) in [5.41, 5.74) is 0.333. The number of hydrazine groups is 1. The van der Waals surface area contributed by atoms with Gasteiger partial charge in [-0.15, -0.1) is 0 Å². The molecule has 88 valence electrons. The van der Waals surface area contributed by atoms with Gasteiger partial charge in [-0.25, -0.2) is 10.0 Å². The quantitative estimate of drug-likeness (QED) is 0.647. The Kier molecular flexibility index (Phi) is 2.82. The Bertz CT molecular complexity index is 232. The van der Waals surface area contributed by atoms with Crippen LogP contribution in [0.2, 0.25) is 0 Å². The van der Waals surface area contributed by atoms with E-state index in [4.69, 9.17) is 0 Å². The Hall–Kier alpha value is -0.120. The lowest BCUT2D eigenvalue weighted by molar-refractivity contribution is -0.00521. The molecule has 15 heavy (non-hydrogen) atoms. The van der Waals surface area contributed by atoms with Gasteiger partial charge in [0.25, 0.3) is 0 Å². The van der Waals surface area contributed by atoms with Gasteiger partial charge in [0.15, 0.2) is 0 Å². The molecule has 2 bridgehead atoms. The molecule has 0 saturated carbocycles. The first-order chi connectivity index (χ1) is 6.88. The van der Waals surface area contributed by atoms with E-state index >= 15 is 0 Å². The normalized spacial score (nSPS) is 34.0. The second-order valence-electron chi connectivity index (χ2n) is 6.30. The van der Waals surface area contributed by atoms with E-state index in [1.165, 1.54) is 26.1 Å². The number of fused-ring (bicyclic) bond motifs is 2. The van der Waals surface area contributed by atoms with E-state index in [0.717, 1.165) is 12.0 Å². The van der Waals surface area contributed by atoms with Gasteiger partial charge in [0, 0.05) is 45.3 Å². The zero-order chi connectivity index (χ0) is 11.2. The second kappa shape index (κ2) is 3.72. The van der Waals surface area contributed by atoms with E-state index in [1.807, 2.05) is 0 Å². The maximum absolute atomic E-state index is 2.65. The van der Waals surface area contributed by atoms with Gasteiger partial charge >= 0.3 is 0 Å². The minimum absolute atomic E-state index is 0.333. The van der Waals surface area contributed by atoms with Crippen molar-refractivity contribution in [3.8, 4) is 0 Å². The summed E-state index contributed by atoms with van der Waals surface area (Å²) in [4.78, 5) is 2.65. The van der Waals surface area contributed by atoms with Crippen molar-refractivity contribution in [3.63, 3.8) is 0 Å². The Balaban J connectivity index is 2.05. The second-order valence-corrected chi connectivity index (χ2v) is 6.30. The molecule has 0 spiro atoms. The van der Waals surface area contributed by atoms with Crippen LogP contribution in [0.15, 0.2) is 0 Å². The van der Waals surface area contributed by atoms with Crippen molar-refractivity contribution < 1.29 is 0 Å². The number of likely N-dealkylation sites (tertiary alicyclic amines) is 1. The highest BCUT2D eigenvalue weighted by atomic mass is 15.6. The Morgan fingerprint density at radius 2 is 1.73 bits per heavy atom. The van der Waals surface area contributed by atoms with E-state index in [-0.39, 0.29) is 0 Å². The smallest absolute Gasteiger partial charge is 0.0376 e. The average molecular weight is 211 g/mol. The molecule has 0 aromatic heterocycles. The summed E-state index contributed by atoms with van der Waals surface area (Å²) in [5.74, 6) is 0.880. The van der Waals surface area contributed by atoms with Crippen molar-refractivity contribution in [1.82, 2.24) is 14.9 Å². The monoisotopic (exact) mass is 211 g/mol. The van der Waals surface area contributed by atoms with Gasteiger partial charge in [0.2, 0.25) is 0 Å². The van der Waals surface area contributed by atoms with Crippen LogP contribution in [0.25, 0.3) is 0 Å². The molecule has 2 rings (SSSR count). The lowest BCUT2D eigenvalue weighted by Crippen LogP contribution is -2.52. The van der Waals surface area contributed by atoms with Crippen LogP contribution in [-0.2, 0) is 0 Å². The SMILES string of the molecule is CN(C)N1CC2CC1CN(C(C)(C)C)C2. The molecule has 2 aliphatic heterocycles. The molecule has 2 aliphatic rings. The zero-order valence-corrected chi connectivity index (χ0v) is 10.8. The van der Waals surface area contributed by atoms with Crippen molar-refractivity contribution in [3.05, 3.63) is 0 Å². The molecule has 0 aromatic rings. The molecule has 2 fully saturated rings. The third kappa shape index (κ3) is 2.19. The molecule has 0 aromatic carbocycles. The highest BCUT2D eigenvalue weighted by Crippen LogP contribution is 2.33. The average Bonchev–Trinajstić information content (AvgIpc) is 2.39. The molecular formula is C12H25N3. The molecule has 0 amide bonds. The van der Waals surface area contributed by atoms with Crippen molar-refractivity contribution in [1.29, 1.82) is 0 Å². The van der Waals surface area contributed by atoms with Crippen LogP contribution in [0, 0.1) is 5.92 Å². The third-order valence-electron chi connectivity index (χ3n) is 3.84. The predicted molar refractivity (Wildman–Crippen MR) is 63.6 cm³/mol. The summed E-state index contributed by atoms with van der Waals surface area (Å²) in [6.45, 7) is 10.8. The van der Waals surface area contributed by atoms with Gasteiger partial charge in [-0.05, 0) is 33.1 Å². The fraction of sp³-hybridized carbons (Fsp3) is 1.00. The minimum Gasteiger partial charge on any atom is -0.297 e. The van der Waals surface area contributed by atoms with Gasteiger partial charge in [0.1, 0.15) is 0 Å². The molecule has 3 nitrogen and oxygen atoms in total. The molecule has 2 heterocycles. The Labute approximate surface area is 94.0 Å². The van der Waals surface area contributed by atoms with E-state index in [2.05, 4.69) is 49.8 Å². The number of hydrogen-bond acceptors (Lipinski definition) is 3. The maximum Gasteiger partial charge on any atom is 0.0376 e. The highest BCUT2D eigenvalue weighted by Gasteiger charge is 2.42. The summed E-state index contributed by atoms with van der Waals surface area (Å²) < 4.78 is 0. The summed E-state index contributed by atoms with van der Waals surface area (Å²) in [7, 11) is 4.34. The predicted octanol–water partition coefficient (Wildman–Crippen LogP) is 1.27. The first-order valence-corrected chi connectivity index (χ1v) is 6.07. The largest absolute Gasteiger partial charge is 0.297 e. The van der Waals surface area contributed by atoms with Crippen molar-refractivity contribution in [2.75, 3.05) is 33.7 Å². The van der Waals surface area contributed by atoms with Crippen molar-refractivity contribution >= 4 is 0 Å². The van der Waals surface area contributed by atoms with E-state index in [1.54, 1.807) is 0 Å². The van der Waals surface area contributed by atoms with Gasteiger partial charge < -0.3 is 0 Å². The molecule has 2 unspecified atom stereocenters. The third-order valence-corrected chi connectivity index (χ3v) is 3.84. The molecule has 0 radical (unpaired) electrons. The van der Waals surface area contributed by atoms with E-state index in [0.29, 0.717) is 5.54 Å². The van der Waals surface area contributed by atoms with Crippen LogP contribution in [0.3, 0.4) is 0 Å². The van der Waals surface area contributed by atoms with Gasteiger partial charge in [-0.2, -0.15) is 0 Å². The number of rotatable bonds is 1. The van der Waals surface area contributed by atoms with Crippen LogP contribution in [0.5, 0.6) is 0 Å². The van der Waals surface area contributed by atoms with Crippen LogP contribution in [-0.4, -0.2) is 60.2 Å². The summed E-state index contributed by atoms with van der Waals surface area (Å²) in [5, 5.41) is 4.81. The van der Waals surface area contributed by atoms with Gasteiger partial charge in [-0.3, -0.25) is 4.90 Å². The standard InChI is InChI=1S/C12H25N3/c1-12(2,3)14-7-10-6-11(9-14)15(8-10)13(4)5/h10-11H,6-9H2,1-5H3. The fourth-order valence-electron chi connectivity index (χ4n) is 2.97. The van der Waals surface area contributed by atoms with Crippen LogP contribution in [0.1, 0.15) is 27.2 Å². The summed E-state index contributed by atoms with van der Waals surface area (Å²) in [6.07, 6.45) is 1.39. The summed E-state index contributed by atoms with van der Waals surface area (Å²) in [6, 6.07) is 0.748. The molecule has 3 heteroatoms. The Morgan fingerprint density at radius 3 is 2.27 bits per heavy atom. The van der Waals surface area contributed by atoms with Crippen molar-refractivity contribution in [2.45, 2.75) is 38.8 Å². The van der Waals surface area contributed by atoms with E-state index < -0.39 is 0 Å². The number of hydrogen-bond donors (Lipinski definition) is 0. The van der Waals surface area contributed by atoms with Gasteiger partial charge in [-0.1, -0.05) is 0 Å². The molecule has 0 N–H and O–H groups in total. The maximum atomic E-state index is 2.65. The fourth-order valence-corrected chi connectivity index (χ4v) is 2.97. The van der Waals surface area contributed by atoms with Gasteiger partial charge in [0.05, 0.1) is 0 Å². The summed E-state index contributed by atoms with van der Waals surface area (Å²) >= 11 is 0. The lowest BCUT2D eigenvalue weighted by atomic mass is 9.94. The molecule has 2 atom stereocenters. The molecular weight excluding hydrogens is 186 g/mol. The lowest BCUT2D eigenvalue weighted by Gasteiger charge is -2.42. The molecule has 2 saturated heterocycles. The minimum atomic E-state index is 0.333. The van der Waals surface area contributed by atoms with E-state index in [9.17, 15) is 0 Å². The highest BCUT2D eigenvalue weighted by molar-refractivity contribution is 4.95. The first-order valence-electron chi connectivity index (χ1n) is 6.07. The van der Waals surface area contributed by atoms with Crippen LogP contribution < -0.4 is 0 Å².